The molecule has 3 heterocycles. The van der Waals surface area contributed by atoms with Gasteiger partial charge in [-0.2, -0.15) is 0 Å². The van der Waals surface area contributed by atoms with E-state index in [0.29, 0.717) is 19.8 Å². The fourth-order valence-corrected chi connectivity index (χ4v) is 2.02. The Balaban J connectivity index is 1.66. The summed E-state index contributed by atoms with van der Waals surface area (Å²) < 4.78 is 21.9. The molecule has 0 spiro atoms. The summed E-state index contributed by atoms with van der Waals surface area (Å²) in [6.45, 7) is 1.71. The SMILES string of the molecule is NCCO[C@H]1[C@@H]2O[C@@H]2[C@@H]2OC[C@H]1O2. The fourth-order valence-electron chi connectivity index (χ4n) is 2.02. The molecule has 3 saturated heterocycles. The van der Waals surface area contributed by atoms with E-state index in [1.54, 1.807) is 0 Å². The molecular formula is C8H13NO4. The van der Waals surface area contributed by atoms with Crippen LogP contribution in [0.25, 0.3) is 0 Å². The predicted molar refractivity (Wildman–Crippen MR) is 42.1 cm³/mol. The molecule has 5 nitrogen and oxygen atoms in total. The molecule has 3 rings (SSSR count). The van der Waals surface area contributed by atoms with E-state index >= 15 is 0 Å². The zero-order chi connectivity index (χ0) is 8.84. The monoisotopic (exact) mass is 187 g/mol. The third kappa shape index (κ3) is 1.19. The second-order valence-electron chi connectivity index (χ2n) is 3.57. The molecule has 0 unspecified atom stereocenters. The normalized spacial score (nSPS) is 51.9. The zero-order valence-corrected chi connectivity index (χ0v) is 7.22. The van der Waals surface area contributed by atoms with Crippen LogP contribution in [0.5, 0.6) is 0 Å². The minimum Gasteiger partial charge on any atom is -0.371 e. The number of hydrogen-bond acceptors (Lipinski definition) is 5. The summed E-state index contributed by atoms with van der Waals surface area (Å²) in [6, 6.07) is 0. The van der Waals surface area contributed by atoms with Crippen molar-refractivity contribution in [2.45, 2.75) is 30.7 Å². The van der Waals surface area contributed by atoms with Crippen molar-refractivity contribution in [2.24, 2.45) is 5.73 Å². The first-order valence-electron chi connectivity index (χ1n) is 4.64. The topological polar surface area (TPSA) is 66.2 Å². The van der Waals surface area contributed by atoms with E-state index in [1.165, 1.54) is 0 Å². The van der Waals surface area contributed by atoms with Gasteiger partial charge < -0.3 is 24.7 Å². The lowest BCUT2D eigenvalue weighted by Crippen LogP contribution is -2.42. The summed E-state index contributed by atoms with van der Waals surface area (Å²) in [5.74, 6) is 0. The Kier molecular flexibility index (Phi) is 1.81. The number of rotatable bonds is 3. The van der Waals surface area contributed by atoms with Crippen molar-refractivity contribution < 1.29 is 18.9 Å². The highest BCUT2D eigenvalue weighted by Gasteiger charge is 2.62. The summed E-state index contributed by atoms with van der Waals surface area (Å²) in [5, 5.41) is 0. The molecule has 0 aromatic rings. The smallest absolute Gasteiger partial charge is 0.187 e. The molecule has 13 heavy (non-hydrogen) atoms. The molecule has 0 aromatic carbocycles. The van der Waals surface area contributed by atoms with Crippen molar-refractivity contribution in [3.63, 3.8) is 0 Å². The molecule has 5 heteroatoms. The summed E-state index contributed by atoms with van der Waals surface area (Å²) in [6.07, 6.45) is 0.194. The fraction of sp³-hybridized carbons (Fsp3) is 1.00. The molecule has 0 saturated carbocycles. The van der Waals surface area contributed by atoms with Crippen molar-refractivity contribution in [1.29, 1.82) is 0 Å². The third-order valence-electron chi connectivity index (χ3n) is 2.68. The summed E-state index contributed by atoms with van der Waals surface area (Å²) in [7, 11) is 0. The van der Waals surface area contributed by atoms with Gasteiger partial charge in [-0.05, 0) is 0 Å². The lowest BCUT2D eigenvalue weighted by molar-refractivity contribution is -0.117. The maximum atomic E-state index is 5.56. The second kappa shape index (κ2) is 2.90. The average molecular weight is 187 g/mol. The number of ether oxygens (including phenoxy) is 4. The summed E-state index contributed by atoms with van der Waals surface area (Å²) in [4.78, 5) is 0. The first kappa shape index (κ1) is 8.14. The van der Waals surface area contributed by atoms with Crippen LogP contribution in [0, 0.1) is 0 Å². The highest BCUT2D eigenvalue weighted by atomic mass is 16.8. The van der Waals surface area contributed by atoms with Crippen LogP contribution >= 0.6 is 0 Å². The molecule has 3 aliphatic heterocycles. The molecule has 0 aromatic heterocycles. The van der Waals surface area contributed by atoms with Crippen LogP contribution in [-0.4, -0.2) is 50.5 Å². The van der Waals surface area contributed by atoms with Gasteiger partial charge in [0.1, 0.15) is 24.4 Å². The molecule has 3 aliphatic rings. The zero-order valence-electron chi connectivity index (χ0n) is 7.22. The van der Waals surface area contributed by atoms with Gasteiger partial charge in [-0.15, -0.1) is 0 Å². The highest BCUT2D eigenvalue weighted by Crippen LogP contribution is 2.42. The molecular weight excluding hydrogens is 174 g/mol. The van der Waals surface area contributed by atoms with E-state index in [4.69, 9.17) is 24.7 Å². The van der Waals surface area contributed by atoms with Crippen LogP contribution in [0.15, 0.2) is 0 Å². The minimum absolute atomic E-state index is 0.0206. The van der Waals surface area contributed by atoms with Gasteiger partial charge in [0.05, 0.1) is 13.2 Å². The van der Waals surface area contributed by atoms with E-state index < -0.39 is 0 Å². The van der Waals surface area contributed by atoms with Crippen molar-refractivity contribution in [2.75, 3.05) is 19.8 Å². The molecule has 0 amide bonds. The van der Waals surface area contributed by atoms with E-state index in [1.807, 2.05) is 0 Å². The second-order valence-corrected chi connectivity index (χ2v) is 3.57. The van der Waals surface area contributed by atoms with Gasteiger partial charge in [0.2, 0.25) is 0 Å². The number of hydrogen-bond donors (Lipinski definition) is 1. The van der Waals surface area contributed by atoms with E-state index in [-0.39, 0.29) is 30.7 Å². The number of nitrogens with two attached hydrogens (primary N) is 1. The highest BCUT2D eigenvalue weighted by molar-refractivity contribution is 5.04. The van der Waals surface area contributed by atoms with Crippen molar-refractivity contribution >= 4 is 0 Å². The Morgan fingerprint density at radius 1 is 1.31 bits per heavy atom. The van der Waals surface area contributed by atoms with Crippen molar-refractivity contribution in [3.05, 3.63) is 0 Å². The minimum atomic E-state index is -0.146. The lowest BCUT2D eigenvalue weighted by Gasteiger charge is -2.23. The van der Waals surface area contributed by atoms with Crippen molar-refractivity contribution in [1.82, 2.24) is 0 Å². The first-order valence-corrected chi connectivity index (χ1v) is 4.64. The Bertz CT molecular complexity index is 212. The largest absolute Gasteiger partial charge is 0.371 e. The Hall–Kier alpha value is -0.200. The van der Waals surface area contributed by atoms with Crippen LogP contribution in [0.4, 0.5) is 0 Å². The van der Waals surface area contributed by atoms with Gasteiger partial charge in [0, 0.05) is 6.54 Å². The lowest BCUT2D eigenvalue weighted by atomic mass is 10.1. The van der Waals surface area contributed by atoms with Gasteiger partial charge in [-0.1, -0.05) is 0 Å². The van der Waals surface area contributed by atoms with E-state index in [0.717, 1.165) is 0 Å². The standard InChI is InChI=1S/C8H13NO4/c9-1-2-10-5-4-3-11-8(12-4)7-6(5)13-7/h4-8H,1-3,9H2/t4-,5-,6+,7+,8-/m1/s1. The maximum absolute atomic E-state index is 5.56. The van der Waals surface area contributed by atoms with Crippen LogP contribution in [-0.2, 0) is 18.9 Å². The van der Waals surface area contributed by atoms with Gasteiger partial charge in [0.15, 0.2) is 6.29 Å². The maximum Gasteiger partial charge on any atom is 0.187 e. The Morgan fingerprint density at radius 2 is 2.23 bits per heavy atom. The quantitative estimate of drug-likeness (QED) is 0.565. The first-order chi connectivity index (χ1) is 6.40. The number of epoxide rings is 1. The molecule has 2 N–H and O–H groups in total. The summed E-state index contributed by atoms with van der Waals surface area (Å²) in [5.41, 5.74) is 5.36. The molecule has 2 bridgehead atoms. The van der Waals surface area contributed by atoms with Crippen LogP contribution < -0.4 is 5.73 Å². The van der Waals surface area contributed by atoms with Crippen LogP contribution in [0.2, 0.25) is 0 Å². The van der Waals surface area contributed by atoms with Gasteiger partial charge >= 0.3 is 0 Å². The average Bonchev–Trinajstić information content (AvgIpc) is 2.82. The number of fused-ring (bicyclic) bond motifs is 4. The Morgan fingerprint density at radius 3 is 3.08 bits per heavy atom. The van der Waals surface area contributed by atoms with Crippen LogP contribution in [0.3, 0.4) is 0 Å². The van der Waals surface area contributed by atoms with Gasteiger partial charge in [0.25, 0.3) is 0 Å². The Labute approximate surface area is 76.1 Å². The molecule has 0 aliphatic carbocycles. The molecule has 74 valence electrons. The summed E-state index contributed by atoms with van der Waals surface area (Å²) >= 11 is 0. The van der Waals surface area contributed by atoms with Gasteiger partial charge in [-0.25, -0.2) is 0 Å². The van der Waals surface area contributed by atoms with Gasteiger partial charge in [-0.3, -0.25) is 0 Å². The third-order valence-corrected chi connectivity index (χ3v) is 2.68. The molecule has 0 radical (unpaired) electrons. The van der Waals surface area contributed by atoms with Crippen molar-refractivity contribution in [3.8, 4) is 0 Å². The van der Waals surface area contributed by atoms with Crippen LogP contribution in [0.1, 0.15) is 0 Å². The predicted octanol–water partition coefficient (Wildman–Crippen LogP) is -1.15. The molecule has 3 fully saturated rings. The van der Waals surface area contributed by atoms with E-state index in [2.05, 4.69) is 0 Å². The van der Waals surface area contributed by atoms with E-state index in [9.17, 15) is 0 Å². The molecule has 5 atom stereocenters.